The minimum Gasteiger partial charge on any atom is -0.463 e. The van der Waals surface area contributed by atoms with E-state index in [0.717, 1.165) is 21.3 Å². The maximum Gasteiger partial charge on any atom is 0.267 e. The lowest BCUT2D eigenvalue weighted by atomic mass is 10.1. The van der Waals surface area contributed by atoms with Gasteiger partial charge in [0.25, 0.3) is 5.91 Å². The summed E-state index contributed by atoms with van der Waals surface area (Å²) in [5, 5.41) is 0.926. The molecule has 6 heteroatoms. The van der Waals surface area contributed by atoms with Gasteiger partial charge in [0.1, 0.15) is 17.4 Å². The van der Waals surface area contributed by atoms with Crippen molar-refractivity contribution in [1.29, 1.82) is 0 Å². The van der Waals surface area contributed by atoms with Crippen molar-refractivity contribution in [3.05, 3.63) is 106 Å². The van der Waals surface area contributed by atoms with Crippen LogP contribution >= 0.6 is 11.3 Å². The third-order valence-electron chi connectivity index (χ3n) is 5.10. The Hall–Kier alpha value is -3.77. The SMILES string of the molecule is Cc1ccc2nc(N(Cc3ccccc3)C(=O)c3coc4ccccc4c3=O)sc2c1. The number of carbonyl (C=O) groups excluding carboxylic acids is 1. The number of anilines is 1. The lowest BCUT2D eigenvalue weighted by Crippen LogP contribution is -2.33. The average Bonchev–Trinajstić information content (AvgIpc) is 3.21. The number of hydrogen-bond acceptors (Lipinski definition) is 5. The predicted molar refractivity (Wildman–Crippen MR) is 124 cm³/mol. The molecule has 0 radical (unpaired) electrons. The molecule has 2 heterocycles. The fourth-order valence-corrected chi connectivity index (χ4v) is 4.56. The van der Waals surface area contributed by atoms with Gasteiger partial charge in [-0.3, -0.25) is 14.5 Å². The fourth-order valence-electron chi connectivity index (χ4n) is 3.50. The van der Waals surface area contributed by atoms with Crippen molar-refractivity contribution in [3.63, 3.8) is 0 Å². The number of rotatable bonds is 4. The number of aromatic nitrogens is 1. The number of nitrogens with zero attached hydrogens (tertiary/aromatic N) is 2. The van der Waals surface area contributed by atoms with Crippen molar-refractivity contribution in [1.82, 2.24) is 4.98 Å². The van der Waals surface area contributed by atoms with Gasteiger partial charge < -0.3 is 4.42 Å². The first kappa shape index (κ1) is 19.2. The Kier molecular flexibility index (Phi) is 4.84. The molecule has 0 aliphatic rings. The number of fused-ring (bicyclic) bond motifs is 2. The molecule has 5 rings (SSSR count). The van der Waals surface area contributed by atoms with E-state index in [0.29, 0.717) is 22.6 Å². The molecule has 0 atom stereocenters. The van der Waals surface area contributed by atoms with Gasteiger partial charge in [-0.05, 0) is 42.3 Å². The minimum atomic E-state index is -0.431. The summed E-state index contributed by atoms with van der Waals surface area (Å²) in [6, 6.07) is 22.6. The normalized spacial score (nSPS) is 11.1. The zero-order chi connectivity index (χ0) is 21.4. The summed E-state index contributed by atoms with van der Waals surface area (Å²) in [5.41, 5.74) is 2.98. The van der Waals surface area contributed by atoms with Crippen molar-refractivity contribution in [2.45, 2.75) is 13.5 Å². The smallest absolute Gasteiger partial charge is 0.267 e. The van der Waals surface area contributed by atoms with Gasteiger partial charge in [-0.2, -0.15) is 0 Å². The maximum atomic E-state index is 13.6. The topological polar surface area (TPSA) is 63.4 Å². The van der Waals surface area contributed by atoms with E-state index in [2.05, 4.69) is 4.98 Å². The molecular weight excluding hydrogens is 408 g/mol. The van der Waals surface area contributed by atoms with Crippen LogP contribution in [-0.2, 0) is 6.54 Å². The number of carbonyl (C=O) groups is 1. The van der Waals surface area contributed by atoms with Gasteiger partial charge in [0.15, 0.2) is 5.13 Å². The van der Waals surface area contributed by atoms with Crippen LogP contribution in [0.3, 0.4) is 0 Å². The van der Waals surface area contributed by atoms with E-state index < -0.39 is 5.91 Å². The molecule has 5 nitrogen and oxygen atoms in total. The Labute approximate surface area is 182 Å². The van der Waals surface area contributed by atoms with E-state index in [-0.39, 0.29) is 11.0 Å². The number of benzene rings is 3. The Bertz CT molecular complexity index is 1470. The first-order valence-corrected chi connectivity index (χ1v) is 10.7. The molecule has 2 aromatic heterocycles. The highest BCUT2D eigenvalue weighted by molar-refractivity contribution is 7.22. The van der Waals surface area contributed by atoms with Crippen molar-refractivity contribution in [3.8, 4) is 0 Å². The molecular formula is C25H18N2O3S. The Balaban J connectivity index is 1.63. The van der Waals surface area contributed by atoms with E-state index in [9.17, 15) is 9.59 Å². The minimum absolute atomic E-state index is 0.00920. The second-order valence-electron chi connectivity index (χ2n) is 7.32. The van der Waals surface area contributed by atoms with Gasteiger partial charge in [-0.15, -0.1) is 0 Å². The van der Waals surface area contributed by atoms with Gasteiger partial charge in [0, 0.05) is 0 Å². The van der Waals surface area contributed by atoms with Gasteiger partial charge in [-0.1, -0.05) is 59.9 Å². The number of amides is 1. The molecule has 0 bridgehead atoms. The third-order valence-corrected chi connectivity index (χ3v) is 6.14. The highest BCUT2D eigenvalue weighted by atomic mass is 32.1. The van der Waals surface area contributed by atoms with Gasteiger partial charge in [0.05, 0.1) is 22.1 Å². The molecule has 31 heavy (non-hydrogen) atoms. The second-order valence-corrected chi connectivity index (χ2v) is 8.33. The first-order chi connectivity index (χ1) is 15.1. The third kappa shape index (κ3) is 3.62. The summed E-state index contributed by atoms with van der Waals surface area (Å²) < 4.78 is 6.58. The molecule has 0 fully saturated rings. The van der Waals surface area contributed by atoms with Crippen LogP contribution in [0.4, 0.5) is 5.13 Å². The molecule has 5 aromatic rings. The summed E-state index contributed by atoms with van der Waals surface area (Å²) in [6.07, 6.45) is 1.25. The molecule has 0 saturated heterocycles. The van der Waals surface area contributed by atoms with Crippen LogP contribution in [0.2, 0.25) is 0 Å². The lowest BCUT2D eigenvalue weighted by Gasteiger charge is -2.19. The lowest BCUT2D eigenvalue weighted by molar-refractivity contribution is 0.0982. The summed E-state index contributed by atoms with van der Waals surface area (Å²) in [7, 11) is 0. The largest absolute Gasteiger partial charge is 0.463 e. The molecule has 0 aliphatic carbocycles. The van der Waals surface area contributed by atoms with Crippen LogP contribution in [-0.4, -0.2) is 10.9 Å². The molecule has 0 unspecified atom stereocenters. The van der Waals surface area contributed by atoms with Crippen LogP contribution < -0.4 is 10.3 Å². The molecule has 0 aliphatic heterocycles. The van der Waals surface area contributed by atoms with E-state index in [1.807, 2.05) is 55.5 Å². The maximum absolute atomic E-state index is 13.6. The van der Waals surface area contributed by atoms with Crippen LogP contribution in [0, 0.1) is 6.92 Å². The standard InChI is InChI=1S/C25H18N2O3S/c1-16-11-12-20-22(13-16)31-25(26-20)27(14-17-7-3-2-4-8-17)24(29)19-15-30-21-10-6-5-9-18(21)23(19)28/h2-13,15H,14H2,1H3. The monoisotopic (exact) mass is 426 g/mol. The highest BCUT2D eigenvalue weighted by Crippen LogP contribution is 2.31. The van der Waals surface area contributed by atoms with Crippen LogP contribution in [0.15, 0.2) is 88.3 Å². The highest BCUT2D eigenvalue weighted by Gasteiger charge is 2.25. The first-order valence-electron chi connectivity index (χ1n) is 9.84. The zero-order valence-corrected chi connectivity index (χ0v) is 17.6. The Morgan fingerprint density at radius 1 is 1.03 bits per heavy atom. The molecule has 0 N–H and O–H groups in total. The molecule has 3 aromatic carbocycles. The Morgan fingerprint density at radius 3 is 2.65 bits per heavy atom. The Morgan fingerprint density at radius 2 is 1.81 bits per heavy atom. The molecule has 1 amide bonds. The summed E-state index contributed by atoms with van der Waals surface area (Å²) in [4.78, 5) is 32.9. The van der Waals surface area contributed by atoms with Gasteiger partial charge >= 0.3 is 0 Å². The second kappa shape index (κ2) is 7.81. The van der Waals surface area contributed by atoms with E-state index >= 15 is 0 Å². The van der Waals surface area contributed by atoms with Crippen molar-refractivity contribution in [2.75, 3.05) is 4.90 Å². The van der Waals surface area contributed by atoms with E-state index in [1.54, 1.807) is 29.2 Å². The van der Waals surface area contributed by atoms with Gasteiger partial charge in [0.2, 0.25) is 5.43 Å². The van der Waals surface area contributed by atoms with Crippen LogP contribution in [0.1, 0.15) is 21.5 Å². The number of aryl methyl sites for hydroxylation is 1. The van der Waals surface area contributed by atoms with Crippen molar-refractivity contribution >= 4 is 43.6 Å². The molecule has 0 spiro atoms. The van der Waals surface area contributed by atoms with Crippen LogP contribution in [0.5, 0.6) is 0 Å². The van der Waals surface area contributed by atoms with Gasteiger partial charge in [-0.25, -0.2) is 4.98 Å². The number of thiazole rings is 1. The fraction of sp³-hybridized carbons (Fsp3) is 0.0800. The molecule has 152 valence electrons. The predicted octanol–water partition coefficient (Wildman–Crippen LogP) is 5.56. The summed E-state index contributed by atoms with van der Waals surface area (Å²) in [5.74, 6) is -0.431. The number of para-hydroxylation sites is 1. The van der Waals surface area contributed by atoms with E-state index in [4.69, 9.17) is 4.42 Å². The molecule has 0 saturated carbocycles. The van der Waals surface area contributed by atoms with Crippen molar-refractivity contribution < 1.29 is 9.21 Å². The van der Waals surface area contributed by atoms with Crippen molar-refractivity contribution in [2.24, 2.45) is 0 Å². The zero-order valence-electron chi connectivity index (χ0n) is 16.7. The average molecular weight is 426 g/mol. The summed E-state index contributed by atoms with van der Waals surface area (Å²) >= 11 is 1.43. The number of hydrogen-bond donors (Lipinski definition) is 0. The van der Waals surface area contributed by atoms with E-state index in [1.165, 1.54) is 17.6 Å². The quantitative estimate of drug-likeness (QED) is 0.378. The summed E-state index contributed by atoms with van der Waals surface area (Å²) in [6.45, 7) is 2.32. The van der Waals surface area contributed by atoms with Crippen LogP contribution in [0.25, 0.3) is 21.2 Å².